The maximum Gasteiger partial charge on any atom is 0.329 e. The Bertz CT molecular complexity index is 501. The molecule has 1 fully saturated rings. The summed E-state index contributed by atoms with van der Waals surface area (Å²) in [7, 11) is 0. The van der Waals surface area contributed by atoms with Gasteiger partial charge < -0.3 is 14.9 Å². The molecule has 20 heavy (non-hydrogen) atoms. The Morgan fingerprint density at radius 3 is 2.65 bits per heavy atom. The predicted molar refractivity (Wildman–Crippen MR) is 71.1 cm³/mol. The highest BCUT2D eigenvalue weighted by atomic mass is 16.5. The van der Waals surface area contributed by atoms with Gasteiger partial charge in [-0.2, -0.15) is 0 Å². The zero-order chi connectivity index (χ0) is 14.8. The van der Waals surface area contributed by atoms with E-state index in [1.165, 1.54) is 0 Å². The Morgan fingerprint density at radius 1 is 1.50 bits per heavy atom. The molecule has 0 atom stereocenters. The van der Waals surface area contributed by atoms with Crippen molar-refractivity contribution in [1.82, 2.24) is 10.5 Å². The van der Waals surface area contributed by atoms with E-state index in [1.54, 1.807) is 13.0 Å². The molecule has 2 rings (SSSR count). The average Bonchev–Trinajstić information content (AvgIpc) is 2.77. The fourth-order valence-corrected chi connectivity index (χ4v) is 2.62. The Labute approximate surface area is 117 Å². The van der Waals surface area contributed by atoms with Gasteiger partial charge in [-0.25, -0.2) is 4.79 Å². The summed E-state index contributed by atoms with van der Waals surface area (Å²) in [6.45, 7) is 3.85. The number of amides is 1. The number of nitrogens with one attached hydrogen (secondary N) is 1. The van der Waals surface area contributed by atoms with Gasteiger partial charge in [0.25, 0.3) is 0 Å². The maximum absolute atomic E-state index is 12.0. The van der Waals surface area contributed by atoms with E-state index in [0.29, 0.717) is 30.2 Å². The van der Waals surface area contributed by atoms with Crippen LogP contribution in [0.2, 0.25) is 0 Å². The SMILES string of the molecule is Cc1cc(CC(=O)NC2(C(=O)O)CCC(C)CC2)no1. The molecule has 0 bridgehead atoms. The van der Waals surface area contributed by atoms with Gasteiger partial charge in [0.2, 0.25) is 5.91 Å². The number of carboxylic acids is 1. The van der Waals surface area contributed by atoms with Gasteiger partial charge in [-0.15, -0.1) is 0 Å². The van der Waals surface area contributed by atoms with E-state index in [4.69, 9.17) is 4.52 Å². The van der Waals surface area contributed by atoms with Crippen molar-refractivity contribution in [3.8, 4) is 0 Å². The summed E-state index contributed by atoms with van der Waals surface area (Å²) in [5.41, 5.74) is -0.604. The van der Waals surface area contributed by atoms with E-state index in [9.17, 15) is 14.7 Å². The number of carboxylic acid groups (broad SMARTS) is 1. The van der Waals surface area contributed by atoms with Crippen LogP contribution in [0.3, 0.4) is 0 Å². The molecule has 2 N–H and O–H groups in total. The van der Waals surface area contributed by atoms with Gasteiger partial charge in [-0.3, -0.25) is 4.79 Å². The van der Waals surface area contributed by atoms with Crippen molar-refractivity contribution in [3.63, 3.8) is 0 Å². The number of carbonyl (C=O) groups is 2. The molecule has 0 aromatic carbocycles. The Morgan fingerprint density at radius 2 is 2.15 bits per heavy atom. The molecular formula is C14H20N2O4. The standard InChI is InChI=1S/C14H20N2O4/c1-9-3-5-14(6-4-9,13(18)19)15-12(17)8-11-7-10(2)20-16-11/h7,9H,3-6,8H2,1-2H3,(H,15,17)(H,18,19). The molecule has 0 saturated heterocycles. The topological polar surface area (TPSA) is 92.4 Å². The van der Waals surface area contributed by atoms with Crippen molar-refractivity contribution in [2.75, 3.05) is 0 Å². The zero-order valence-electron chi connectivity index (χ0n) is 11.8. The number of carbonyl (C=O) groups excluding carboxylic acids is 1. The van der Waals surface area contributed by atoms with Crippen molar-refractivity contribution in [1.29, 1.82) is 0 Å². The summed E-state index contributed by atoms with van der Waals surface area (Å²) >= 11 is 0. The summed E-state index contributed by atoms with van der Waals surface area (Å²) in [4.78, 5) is 23.6. The molecule has 0 spiro atoms. The van der Waals surface area contributed by atoms with Crippen LogP contribution in [-0.2, 0) is 16.0 Å². The molecule has 6 nitrogen and oxygen atoms in total. The lowest BCUT2D eigenvalue weighted by molar-refractivity contribution is -0.149. The fraction of sp³-hybridized carbons (Fsp3) is 0.643. The lowest BCUT2D eigenvalue weighted by Crippen LogP contribution is -2.56. The fourth-order valence-electron chi connectivity index (χ4n) is 2.62. The minimum absolute atomic E-state index is 0.0436. The molecule has 110 valence electrons. The summed E-state index contributed by atoms with van der Waals surface area (Å²) in [6, 6.07) is 1.68. The number of aliphatic carboxylic acids is 1. The monoisotopic (exact) mass is 280 g/mol. The van der Waals surface area contributed by atoms with Gasteiger partial charge in [0.1, 0.15) is 11.3 Å². The van der Waals surface area contributed by atoms with Crippen LogP contribution in [0.25, 0.3) is 0 Å². The normalized spacial score (nSPS) is 26.2. The molecular weight excluding hydrogens is 260 g/mol. The zero-order valence-corrected chi connectivity index (χ0v) is 11.8. The maximum atomic E-state index is 12.0. The van der Waals surface area contributed by atoms with Gasteiger partial charge in [0.15, 0.2) is 0 Å². The number of hydrogen-bond donors (Lipinski definition) is 2. The van der Waals surface area contributed by atoms with Gasteiger partial charge in [-0.05, 0) is 38.5 Å². The minimum Gasteiger partial charge on any atom is -0.480 e. The highest BCUT2D eigenvalue weighted by molar-refractivity contribution is 5.87. The Hall–Kier alpha value is -1.85. The predicted octanol–water partition coefficient (Wildman–Crippen LogP) is 1.68. The molecule has 0 unspecified atom stereocenters. The summed E-state index contributed by atoms with van der Waals surface area (Å²) in [6.07, 6.45) is 2.63. The molecule has 1 heterocycles. The number of nitrogens with zero attached hydrogens (tertiary/aromatic N) is 1. The van der Waals surface area contributed by atoms with Crippen LogP contribution >= 0.6 is 0 Å². The van der Waals surface area contributed by atoms with Crippen LogP contribution in [0.1, 0.15) is 44.1 Å². The second kappa shape index (κ2) is 5.64. The molecule has 1 saturated carbocycles. The first-order valence-corrected chi connectivity index (χ1v) is 6.88. The highest BCUT2D eigenvalue weighted by Gasteiger charge is 2.42. The second-order valence-electron chi connectivity index (χ2n) is 5.72. The second-order valence-corrected chi connectivity index (χ2v) is 5.72. The molecule has 1 aromatic heterocycles. The third kappa shape index (κ3) is 3.18. The van der Waals surface area contributed by atoms with E-state index in [-0.39, 0.29) is 12.3 Å². The molecule has 0 aliphatic heterocycles. The van der Waals surface area contributed by atoms with Crippen LogP contribution in [0, 0.1) is 12.8 Å². The third-order valence-corrected chi connectivity index (χ3v) is 3.93. The van der Waals surface area contributed by atoms with E-state index >= 15 is 0 Å². The third-order valence-electron chi connectivity index (χ3n) is 3.93. The van der Waals surface area contributed by atoms with Gasteiger partial charge in [0, 0.05) is 6.07 Å². The van der Waals surface area contributed by atoms with E-state index in [1.807, 2.05) is 0 Å². The number of hydrogen-bond acceptors (Lipinski definition) is 4. The number of aryl methyl sites for hydroxylation is 1. The van der Waals surface area contributed by atoms with Crippen molar-refractivity contribution in [2.24, 2.45) is 5.92 Å². The van der Waals surface area contributed by atoms with Crippen molar-refractivity contribution < 1.29 is 19.2 Å². The first-order valence-electron chi connectivity index (χ1n) is 6.88. The van der Waals surface area contributed by atoms with Gasteiger partial charge in [-0.1, -0.05) is 12.1 Å². The van der Waals surface area contributed by atoms with E-state index in [2.05, 4.69) is 17.4 Å². The number of aromatic nitrogens is 1. The van der Waals surface area contributed by atoms with Crippen LogP contribution in [0.5, 0.6) is 0 Å². The van der Waals surface area contributed by atoms with Crippen LogP contribution in [-0.4, -0.2) is 27.7 Å². The molecule has 1 amide bonds. The summed E-state index contributed by atoms with van der Waals surface area (Å²) in [5.74, 6) is -0.130. The van der Waals surface area contributed by atoms with Crippen LogP contribution in [0.15, 0.2) is 10.6 Å². The largest absolute Gasteiger partial charge is 0.480 e. The van der Waals surface area contributed by atoms with Gasteiger partial charge in [0.05, 0.1) is 12.1 Å². The average molecular weight is 280 g/mol. The first-order chi connectivity index (χ1) is 9.41. The molecule has 6 heteroatoms. The molecule has 1 aliphatic carbocycles. The summed E-state index contributed by atoms with van der Waals surface area (Å²) < 4.78 is 4.90. The quantitative estimate of drug-likeness (QED) is 0.875. The Balaban J connectivity index is 2.01. The lowest BCUT2D eigenvalue weighted by Gasteiger charge is -2.36. The van der Waals surface area contributed by atoms with E-state index < -0.39 is 11.5 Å². The highest BCUT2D eigenvalue weighted by Crippen LogP contribution is 2.32. The first kappa shape index (κ1) is 14.6. The molecule has 0 radical (unpaired) electrons. The van der Waals surface area contributed by atoms with Gasteiger partial charge >= 0.3 is 5.97 Å². The Kier molecular flexibility index (Phi) is 4.11. The molecule has 1 aromatic rings. The lowest BCUT2D eigenvalue weighted by atomic mass is 9.77. The summed E-state index contributed by atoms with van der Waals surface area (Å²) in [5, 5.41) is 15.9. The number of rotatable bonds is 4. The van der Waals surface area contributed by atoms with Crippen molar-refractivity contribution >= 4 is 11.9 Å². The van der Waals surface area contributed by atoms with Crippen LogP contribution in [0.4, 0.5) is 0 Å². The van der Waals surface area contributed by atoms with E-state index in [0.717, 1.165) is 12.8 Å². The smallest absolute Gasteiger partial charge is 0.329 e. The molecule has 1 aliphatic rings. The van der Waals surface area contributed by atoms with Crippen molar-refractivity contribution in [3.05, 3.63) is 17.5 Å². The van der Waals surface area contributed by atoms with Crippen molar-refractivity contribution in [2.45, 2.75) is 51.5 Å². The minimum atomic E-state index is -1.12. The van der Waals surface area contributed by atoms with Crippen LogP contribution < -0.4 is 5.32 Å².